The number of aryl methyl sites for hydroxylation is 1. The first-order valence-electron chi connectivity index (χ1n) is 9.93. The van der Waals surface area contributed by atoms with E-state index in [9.17, 15) is 13.2 Å². The summed E-state index contributed by atoms with van der Waals surface area (Å²) in [5, 5.41) is 12.3. The Morgan fingerprint density at radius 3 is 2.58 bits per heavy atom. The molecule has 2 heterocycles. The molecule has 0 aliphatic carbocycles. The minimum absolute atomic E-state index is 0.0113. The van der Waals surface area contributed by atoms with Crippen molar-refractivity contribution in [3.05, 3.63) is 65.7 Å². The molecule has 0 unspecified atom stereocenters. The van der Waals surface area contributed by atoms with Crippen molar-refractivity contribution < 1.29 is 13.2 Å². The number of hydrogen-bond donors (Lipinski definition) is 0. The van der Waals surface area contributed by atoms with Crippen molar-refractivity contribution in [2.45, 2.75) is 31.1 Å². The molecule has 4 rings (SSSR count). The van der Waals surface area contributed by atoms with Crippen LogP contribution in [0.3, 0.4) is 0 Å². The van der Waals surface area contributed by atoms with Gasteiger partial charge in [-0.25, -0.2) is 8.42 Å². The monoisotopic (exact) mass is 457 g/mol. The maximum absolute atomic E-state index is 13.2. The van der Waals surface area contributed by atoms with Crippen LogP contribution >= 0.6 is 11.8 Å². The van der Waals surface area contributed by atoms with E-state index in [1.807, 2.05) is 61.5 Å². The van der Waals surface area contributed by atoms with Gasteiger partial charge in [0.25, 0.3) is 0 Å². The highest BCUT2D eigenvalue weighted by molar-refractivity contribution is 7.99. The van der Waals surface area contributed by atoms with Gasteiger partial charge in [-0.1, -0.05) is 59.8 Å². The van der Waals surface area contributed by atoms with Crippen molar-refractivity contribution in [3.63, 3.8) is 0 Å². The summed E-state index contributed by atoms with van der Waals surface area (Å²) >= 11 is 1.24. The van der Waals surface area contributed by atoms with Gasteiger partial charge in [-0.15, -0.1) is 5.10 Å². The molecule has 3 aromatic rings. The quantitative estimate of drug-likeness (QED) is 0.502. The zero-order valence-electron chi connectivity index (χ0n) is 17.1. The topological polar surface area (TPSA) is 98.1 Å². The molecule has 8 nitrogen and oxygen atoms in total. The minimum atomic E-state index is -3.11. The number of sulfone groups is 1. The Morgan fingerprint density at radius 2 is 1.90 bits per heavy atom. The molecule has 31 heavy (non-hydrogen) atoms. The van der Waals surface area contributed by atoms with Crippen LogP contribution in [0.4, 0.5) is 0 Å². The number of hydrogen-bond acceptors (Lipinski definition) is 7. The number of amides is 1. The number of nitrogens with zero attached hydrogens (tertiary/aromatic N) is 5. The molecule has 1 fully saturated rings. The second-order valence-corrected chi connectivity index (χ2v) is 10.7. The van der Waals surface area contributed by atoms with E-state index in [2.05, 4.69) is 15.5 Å². The molecule has 1 saturated heterocycles. The van der Waals surface area contributed by atoms with E-state index in [0.29, 0.717) is 18.1 Å². The number of aromatic nitrogens is 4. The van der Waals surface area contributed by atoms with E-state index in [1.165, 1.54) is 11.8 Å². The van der Waals surface area contributed by atoms with E-state index in [1.54, 1.807) is 9.58 Å². The Hall–Kier alpha value is -2.72. The van der Waals surface area contributed by atoms with Gasteiger partial charge in [0.15, 0.2) is 9.84 Å². The lowest BCUT2D eigenvalue weighted by atomic mass is 10.1. The summed E-state index contributed by atoms with van der Waals surface area (Å²) in [6, 6.07) is 17.1. The van der Waals surface area contributed by atoms with Crippen LogP contribution in [0.2, 0.25) is 0 Å². The number of thioether (sulfide) groups is 1. The predicted octanol–water partition coefficient (Wildman–Crippen LogP) is 2.28. The summed E-state index contributed by atoms with van der Waals surface area (Å²) in [5.41, 5.74) is 2.91. The predicted molar refractivity (Wildman–Crippen MR) is 119 cm³/mol. The average molecular weight is 458 g/mol. The summed E-state index contributed by atoms with van der Waals surface area (Å²) in [6.45, 7) is 2.38. The standard InChI is InChI=1S/C21H23N5O3S2/c1-16-7-9-18(10-8-16)26-21(22-23-24-26)30-14-20(27)25(13-17-5-3-2-4-6-17)19-11-12-31(28,29)15-19/h2-10,19H,11-15H2,1H3/t19-/m0/s1. The number of tetrazole rings is 1. The molecule has 1 atom stereocenters. The fourth-order valence-electron chi connectivity index (χ4n) is 3.55. The lowest BCUT2D eigenvalue weighted by Gasteiger charge is -2.28. The van der Waals surface area contributed by atoms with Crippen LogP contribution in [0.25, 0.3) is 5.69 Å². The molecule has 162 valence electrons. The molecular weight excluding hydrogens is 434 g/mol. The van der Waals surface area contributed by atoms with Gasteiger partial charge in [-0.2, -0.15) is 4.68 Å². The first-order chi connectivity index (χ1) is 14.9. The summed E-state index contributed by atoms with van der Waals surface area (Å²) in [4.78, 5) is 14.9. The van der Waals surface area contributed by atoms with E-state index in [0.717, 1.165) is 16.8 Å². The number of rotatable bonds is 7. The molecule has 0 saturated carbocycles. The van der Waals surface area contributed by atoms with Crippen LogP contribution in [-0.4, -0.2) is 62.7 Å². The highest BCUT2D eigenvalue weighted by Gasteiger charge is 2.34. The van der Waals surface area contributed by atoms with E-state index in [4.69, 9.17) is 0 Å². The Bertz CT molecular complexity index is 1150. The Morgan fingerprint density at radius 1 is 1.16 bits per heavy atom. The minimum Gasteiger partial charge on any atom is -0.334 e. The van der Waals surface area contributed by atoms with Crippen molar-refractivity contribution in [2.24, 2.45) is 0 Å². The summed E-state index contributed by atoms with van der Waals surface area (Å²) < 4.78 is 25.6. The van der Waals surface area contributed by atoms with Crippen LogP contribution in [-0.2, 0) is 21.2 Å². The maximum Gasteiger partial charge on any atom is 0.233 e. The van der Waals surface area contributed by atoms with E-state index >= 15 is 0 Å². The van der Waals surface area contributed by atoms with Gasteiger partial charge < -0.3 is 4.90 Å². The number of carbonyl (C=O) groups is 1. The lowest BCUT2D eigenvalue weighted by Crippen LogP contribution is -2.41. The van der Waals surface area contributed by atoms with Gasteiger partial charge in [0.1, 0.15) is 0 Å². The Balaban J connectivity index is 1.49. The van der Waals surface area contributed by atoms with Crippen LogP contribution in [0.5, 0.6) is 0 Å². The smallest absolute Gasteiger partial charge is 0.233 e. The van der Waals surface area contributed by atoms with Crippen LogP contribution in [0, 0.1) is 6.92 Å². The average Bonchev–Trinajstić information content (AvgIpc) is 3.37. The molecule has 0 bridgehead atoms. The number of benzene rings is 2. The highest BCUT2D eigenvalue weighted by Crippen LogP contribution is 2.24. The molecule has 1 aromatic heterocycles. The van der Waals surface area contributed by atoms with Crippen LogP contribution < -0.4 is 0 Å². The zero-order chi connectivity index (χ0) is 21.8. The molecule has 1 aliphatic heterocycles. The third-order valence-electron chi connectivity index (χ3n) is 5.21. The molecule has 0 spiro atoms. The normalized spacial score (nSPS) is 17.5. The second kappa shape index (κ2) is 9.19. The fraction of sp³-hybridized carbons (Fsp3) is 0.333. The summed E-state index contributed by atoms with van der Waals surface area (Å²) in [7, 11) is -3.11. The van der Waals surface area contributed by atoms with Gasteiger partial charge in [-0.3, -0.25) is 4.79 Å². The molecule has 2 aromatic carbocycles. The first-order valence-corrected chi connectivity index (χ1v) is 12.7. The van der Waals surface area contributed by atoms with Crippen molar-refractivity contribution in [2.75, 3.05) is 17.3 Å². The van der Waals surface area contributed by atoms with Crippen molar-refractivity contribution in [3.8, 4) is 5.69 Å². The second-order valence-electron chi connectivity index (χ2n) is 7.56. The molecule has 0 N–H and O–H groups in total. The van der Waals surface area contributed by atoms with Gasteiger partial charge >= 0.3 is 0 Å². The van der Waals surface area contributed by atoms with Crippen LogP contribution in [0.15, 0.2) is 59.8 Å². The Kier molecular flexibility index (Phi) is 6.38. The molecule has 1 aliphatic rings. The summed E-state index contributed by atoms with van der Waals surface area (Å²) in [5.74, 6) is 0.122. The van der Waals surface area contributed by atoms with Gasteiger partial charge in [0.05, 0.1) is 22.9 Å². The molecule has 10 heteroatoms. The Labute approximate surface area is 185 Å². The fourth-order valence-corrected chi connectivity index (χ4v) is 6.06. The van der Waals surface area contributed by atoms with Gasteiger partial charge in [0.2, 0.25) is 11.1 Å². The zero-order valence-corrected chi connectivity index (χ0v) is 18.7. The lowest BCUT2D eigenvalue weighted by molar-refractivity contribution is -0.130. The van der Waals surface area contributed by atoms with E-state index < -0.39 is 9.84 Å². The third-order valence-corrected chi connectivity index (χ3v) is 7.86. The number of carbonyl (C=O) groups excluding carboxylic acids is 1. The largest absolute Gasteiger partial charge is 0.334 e. The van der Waals surface area contributed by atoms with Crippen molar-refractivity contribution in [1.29, 1.82) is 0 Å². The van der Waals surface area contributed by atoms with E-state index in [-0.39, 0.29) is 29.2 Å². The molecule has 0 radical (unpaired) electrons. The summed E-state index contributed by atoms with van der Waals surface area (Å²) in [6.07, 6.45) is 0.465. The first kappa shape index (κ1) is 21.5. The van der Waals surface area contributed by atoms with Crippen molar-refractivity contribution in [1.82, 2.24) is 25.1 Å². The van der Waals surface area contributed by atoms with Gasteiger partial charge in [0, 0.05) is 12.6 Å². The van der Waals surface area contributed by atoms with Crippen LogP contribution in [0.1, 0.15) is 17.5 Å². The van der Waals surface area contributed by atoms with Gasteiger partial charge in [-0.05, 0) is 41.5 Å². The maximum atomic E-state index is 13.2. The third kappa shape index (κ3) is 5.31. The molecule has 1 amide bonds. The van der Waals surface area contributed by atoms with Crippen molar-refractivity contribution >= 4 is 27.5 Å². The molecular formula is C21H23N5O3S2. The SMILES string of the molecule is Cc1ccc(-n2nnnc2SCC(=O)N(Cc2ccccc2)[C@H]2CCS(=O)(=O)C2)cc1. The highest BCUT2D eigenvalue weighted by atomic mass is 32.2.